The van der Waals surface area contributed by atoms with E-state index in [0.29, 0.717) is 32.2 Å². The molecule has 284 valence electrons. The molecule has 54 heavy (non-hydrogen) atoms. The van der Waals surface area contributed by atoms with Crippen molar-refractivity contribution >= 4 is 29.9 Å². The molecule has 0 aromatic heterocycles. The molecule has 0 bridgehead atoms. The van der Waals surface area contributed by atoms with Gasteiger partial charge in [0.1, 0.15) is 12.6 Å². The van der Waals surface area contributed by atoms with Crippen LogP contribution in [0.4, 0.5) is 18.0 Å². The summed E-state index contributed by atoms with van der Waals surface area (Å²) in [5.41, 5.74) is 0.886. The number of alkyl halides is 3. The normalized spacial score (nSPS) is 23.3. The smallest absolute Gasteiger partial charge is 0.416 e. The Bertz CT molecular complexity index is 1840. The summed E-state index contributed by atoms with van der Waals surface area (Å²) in [4.78, 5) is 63.2. The van der Waals surface area contributed by atoms with Crippen molar-refractivity contribution in [1.82, 2.24) is 24.9 Å². The summed E-state index contributed by atoms with van der Waals surface area (Å²) >= 11 is 0. The first-order chi connectivity index (χ1) is 26.1. The highest BCUT2D eigenvalue weighted by Crippen LogP contribution is 2.39. The number of hydrogen-bond acceptors (Lipinski definition) is 6. The van der Waals surface area contributed by atoms with Crippen LogP contribution >= 0.6 is 0 Å². The quantitative estimate of drug-likeness (QED) is 0.213. The molecule has 1 unspecified atom stereocenters. The van der Waals surface area contributed by atoms with E-state index in [0.717, 1.165) is 36.1 Å². The summed E-state index contributed by atoms with van der Waals surface area (Å²) in [6.45, 7) is 1.69. The molecule has 1 N–H and O–H groups in total. The third-order valence-electron chi connectivity index (χ3n) is 11.0. The second-order valence-corrected chi connectivity index (χ2v) is 14.3. The molecule has 3 saturated heterocycles. The van der Waals surface area contributed by atoms with Gasteiger partial charge in [0.15, 0.2) is 6.04 Å². The number of halogens is 3. The molecule has 7 rings (SSSR count). The van der Waals surface area contributed by atoms with E-state index in [-0.39, 0.29) is 18.7 Å². The van der Waals surface area contributed by atoms with Crippen LogP contribution in [0.25, 0.3) is 6.08 Å². The van der Waals surface area contributed by atoms with Gasteiger partial charge in [0.25, 0.3) is 11.8 Å². The number of amides is 4. The molecule has 4 amide bonds. The number of nitrogens with zero attached hydrogens (tertiary/aromatic N) is 4. The van der Waals surface area contributed by atoms with Crippen molar-refractivity contribution in [3.8, 4) is 0 Å². The summed E-state index contributed by atoms with van der Waals surface area (Å²) in [5.74, 6) is -2.00. The molecule has 4 aliphatic rings. The number of ether oxygens (including phenoxy) is 1. The predicted octanol–water partition coefficient (Wildman–Crippen LogP) is 5.65. The lowest BCUT2D eigenvalue weighted by molar-refractivity contribution is -0.169. The maximum Gasteiger partial charge on any atom is 0.416 e. The molecule has 3 aromatic carbocycles. The van der Waals surface area contributed by atoms with Crippen molar-refractivity contribution in [2.24, 2.45) is 0 Å². The van der Waals surface area contributed by atoms with Gasteiger partial charge in [-0.2, -0.15) is 13.2 Å². The lowest BCUT2D eigenvalue weighted by Gasteiger charge is -2.52. The van der Waals surface area contributed by atoms with Crippen LogP contribution < -0.4 is 5.32 Å². The van der Waals surface area contributed by atoms with E-state index in [4.69, 9.17) is 4.74 Å². The monoisotopic (exact) mass is 743 g/mol. The van der Waals surface area contributed by atoms with Crippen LogP contribution in [0.15, 0.2) is 91.0 Å². The van der Waals surface area contributed by atoms with Crippen LogP contribution in [0.3, 0.4) is 0 Å². The van der Waals surface area contributed by atoms with Crippen molar-refractivity contribution in [1.29, 1.82) is 0 Å². The molecule has 1 saturated carbocycles. The van der Waals surface area contributed by atoms with E-state index in [1.54, 1.807) is 17.1 Å². The topological polar surface area (TPSA) is 103 Å². The third-order valence-corrected chi connectivity index (χ3v) is 11.0. The molecule has 0 spiro atoms. The lowest BCUT2D eigenvalue weighted by Crippen LogP contribution is -2.76. The second kappa shape index (κ2) is 16.1. The van der Waals surface area contributed by atoms with E-state index >= 15 is 0 Å². The Morgan fingerprint density at radius 2 is 1.56 bits per heavy atom. The zero-order valence-corrected chi connectivity index (χ0v) is 29.9. The number of β-lactam (4-membered cyclic amide) rings is 1. The largest absolute Gasteiger partial charge is 0.447 e. The Labute approximate surface area is 312 Å². The van der Waals surface area contributed by atoms with E-state index in [9.17, 15) is 32.3 Å². The number of carbonyl (C=O) groups excluding carboxylic acids is 4. The molecule has 0 radical (unpaired) electrons. The number of hydrogen-bond donors (Lipinski definition) is 1. The highest BCUT2D eigenvalue weighted by Gasteiger charge is 2.60. The molecule has 3 aliphatic heterocycles. The van der Waals surface area contributed by atoms with Gasteiger partial charge in [-0.15, -0.1) is 0 Å². The van der Waals surface area contributed by atoms with Crippen molar-refractivity contribution in [2.75, 3.05) is 32.8 Å². The number of carbonyl (C=O) groups is 4. The standard InChI is InChI=1S/C41H44F3N5O5/c42-41(43,44)31-16-10-13-29(25-31)26-45-37(50)36(38(51)47-23-21-46(22-24-47)32-17-8-3-9-18-32)48-33(20-19-28-11-4-1-5-12-28)35(39(48)52)49-34(27-54-40(49)53)30-14-6-2-7-15-30/h1-2,4-7,10-16,19-20,25,32-36H,3,8-9,17-18,21-24,26-27H2,(H,45,50)/b20-19+/t33-,34-,35+,36?/m1/s1. The molecule has 3 heterocycles. The highest BCUT2D eigenvalue weighted by molar-refractivity contribution is 6.09. The first kappa shape index (κ1) is 37.2. The number of cyclic esters (lactones) is 1. The molecule has 10 nitrogen and oxygen atoms in total. The van der Waals surface area contributed by atoms with Gasteiger partial charge >= 0.3 is 12.3 Å². The van der Waals surface area contributed by atoms with Gasteiger partial charge in [0.05, 0.1) is 17.6 Å². The summed E-state index contributed by atoms with van der Waals surface area (Å²) in [6, 6.07) is 19.3. The minimum atomic E-state index is -4.58. The average molecular weight is 744 g/mol. The lowest BCUT2D eigenvalue weighted by atomic mass is 9.87. The summed E-state index contributed by atoms with van der Waals surface area (Å²) in [5, 5.41) is 2.66. The Morgan fingerprint density at radius 3 is 2.24 bits per heavy atom. The van der Waals surface area contributed by atoms with Crippen LogP contribution in [0.1, 0.15) is 60.4 Å². The minimum Gasteiger partial charge on any atom is -0.447 e. The Balaban J connectivity index is 1.20. The van der Waals surface area contributed by atoms with Gasteiger partial charge in [-0.1, -0.05) is 104 Å². The van der Waals surface area contributed by atoms with Gasteiger partial charge in [-0.25, -0.2) is 4.79 Å². The molecule has 4 fully saturated rings. The van der Waals surface area contributed by atoms with Crippen LogP contribution in [-0.2, 0) is 31.8 Å². The van der Waals surface area contributed by atoms with Crippen LogP contribution in [0.2, 0.25) is 0 Å². The fraction of sp³-hybridized carbons (Fsp3) is 0.415. The SMILES string of the molecule is O=C(NCc1cccc(C(F)(F)F)c1)C(C(=O)N1CCN(C2CCCCC2)CC1)N1C(=O)[C@@H](N2C(=O)OC[C@@H]2c2ccccc2)[C@H]1/C=C/c1ccccc1. The maximum absolute atomic E-state index is 14.6. The van der Waals surface area contributed by atoms with Crippen molar-refractivity contribution in [3.05, 3.63) is 113 Å². The molecule has 3 aromatic rings. The number of nitrogens with one attached hydrogen (secondary N) is 1. The van der Waals surface area contributed by atoms with E-state index < -0.39 is 59.7 Å². The van der Waals surface area contributed by atoms with Gasteiger partial charge in [0.2, 0.25) is 5.91 Å². The van der Waals surface area contributed by atoms with Crippen LogP contribution in [-0.4, -0.2) is 100 Å². The second-order valence-electron chi connectivity index (χ2n) is 14.3. The Kier molecular flexibility index (Phi) is 11.0. The third kappa shape index (κ3) is 7.87. The fourth-order valence-electron chi connectivity index (χ4n) is 8.17. The van der Waals surface area contributed by atoms with E-state index in [1.165, 1.54) is 41.2 Å². The van der Waals surface area contributed by atoms with Gasteiger partial charge in [-0.05, 0) is 41.7 Å². The number of piperazine rings is 1. The minimum absolute atomic E-state index is 0.0207. The van der Waals surface area contributed by atoms with Crippen LogP contribution in [0.5, 0.6) is 0 Å². The maximum atomic E-state index is 14.6. The Morgan fingerprint density at radius 1 is 0.870 bits per heavy atom. The summed E-state index contributed by atoms with van der Waals surface area (Å²) in [6.07, 6.45) is 4.01. The van der Waals surface area contributed by atoms with Gasteiger partial charge < -0.3 is 19.9 Å². The predicted molar refractivity (Wildman–Crippen MR) is 194 cm³/mol. The zero-order valence-electron chi connectivity index (χ0n) is 29.9. The molecule has 4 atom stereocenters. The molecule has 1 aliphatic carbocycles. The summed E-state index contributed by atoms with van der Waals surface area (Å²) < 4.78 is 45.9. The van der Waals surface area contributed by atoms with Crippen molar-refractivity contribution < 1.29 is 37.1 Å². The van der Waals surface area contributed by atoms with Gasteiger partial charge in [-0.3, -0.25) is 24.2 Å². The number of benzene rings is 3. The van der Waals surface area contributed by atoms with Gasteiger partial charge in [0, 0.05) is 38.8 Å². The number of rotatable bonds is 10. The van der Waals surface area contributed by atoms with Crippen molar-refractivity contribution in [2.45, 2.75) is 75.0 Å². The van der Waals surface area contributed by atoms with E-state index in [1.807, 2.05) is 60.7 Å². The molecular weight excluding hydrogens is 699 g/mol. The highest BCUT2D eigenvalue weighted by atomic mass is 19.4. The molecular formula is C41H44F3N5O5. The Hall–Kier alpha value is -5.17. The molecule has 13 heteroatoms. The zero-order chi connectivity index (χ0) is 37.8. The van der Waals surface area contributed by atoms with Crippen molar-refractivity contribution in [3.63, 3.8) is 0 Å². The van der Waals surface area contributed by atoms with Crippen LogP contribution in [0, 0.1) is 0 Å². The summed E-state index contributed by atoms with van der Waals surface area (Å²) in [7, 11) is 0. The number of likely N-dealkylation sites (tertiary alicyclic amines) is 1. The first-order valence-electron chi connectivity index (χ1n) is 18.6. The fourth-order valence-corrected chi connectivity index (χ4v) is 8.17. The average Bonchev–Trinajstić information content (AvgIpc) is 3.57. The van der Waals surface area contributed by atoms with E-state index in [2.05, 4.69) is 10.2 Å². The first-order valence-corrected chi connectivity index (χ1v) is 18.6.